The van der Waals surface area contributed by atoms with Crippen LogP contribution in [0.15, 0.2) is 0 Å². The Balaban J connectivity index is 1.85. The Morgan fingerprint density at radius 2 is 2.25 bits per heavy atom. The predicted molar refractivity (Wildman–Crippen MR) is 69.9 cm³/mol. The van der Waals surface area contributed by atoms with Crippen LogP contribution in [0, 0.1) is 5.92 Å². The standard InChI is InChI=1S/C13H23NOS/c1-16-10-4-9-14-8-3-6-12(14)11-5-2-7-13(11)15/h11-12H,2-10H2,1H3. The number of ketones is 1. The smallest absolute Gasteiger partial charge is 0.137 e. The van der Waals surface area contributed by atoms with Crippen LogP contribution in [0.4, 0.5) is 0 Å². The van der Waals surface area contributed by atoms with Crippen molar-refractivity contribution in [3.63, 3.8) is 0 Å². The number of hydrogen-bond acceptors (Lipinski definition) is 3. The summed E-state index contributed by atoms with van der Waals surface area (Å²) in [5.41, 5.74) is 0. The van der Waals surface area contributed by atoms with Gasteiger partial charge in [0.05, 0.1) is 0 Å². The molecule has 1 aliphatic heterocycles. The molecule has 2 atom stereocenters. The molecule has 2 unspecified atom stereocenters. The lowest BCUT2D eigenvalue weighted by molar-refractivity contribution is -0.122. The maximum Gasteiger partial charge on any atom is 0.137 e. The largest absolute Gasteiger partial charge is 0.300 e. The number of carbonyl (C=O) groups excluding carboxylic acids is 1. The molecule has 1 aliphatic carbocycles. The molecule has 3 heteroatoms. The number of thioether (sulfide) groups is 1. The van der Waals surface area contributed by atoms with Crippen LogP contribution < -0.4 is 0 Å². The lowest BCUT2D eigenvalue weighted by Crippen LogP contribution is -2.38. The topological polar surface area (TPSA) is 20.3 Å². The third kappa shape index (κ3) is 2.80. The number of nitrogens with zero attached hydrogens (tertiary/aromatic N) is 1. The van der Waals surface area contributed by atoms with Crippen molar-refractivity contribution in [2.45, 2.75) is 44.6 Å². The van der Waals surface area contributed by atoms with Gasteiger partial charge in [-0.2, -0.15) is 11.8 Å². The molecule has 92 valence electrons. The number of carbonyl (C=O) groups is 1. The molecule has 0 N–H and O–H groups in total. The van der Waals surface area contributed by atoms with Crippen molar-refractivity contribution < 1.29 is 4.79 Å². The Kier molecular flexibility index (Phi) is 4.71. The Morgan fingerprint density at radius 3 is 2.94 bits per heavy atom. The highest BCUT2D eigenvalue weighted by atomic mass is 32.2. The third-order valence-electron chi connectivity index (χ3n) is 4.02. The van der Waals surface area contributed by atoms with Crippen molar-refractivity contribution in [2.75, 3.05) is 25.1 Å². The molecule has 0 amide bonds. The summed E-state index contributed by atoms with van der Waals surface area (Å²) in [6.45, 7) is 2.43. The van der Waals surface area contributed by atoms with Crippen molar-refractivity contribution in [3.8, 4) is 0 Å². The van der Waals surface area contributed by atoms with E-state index in [1.165, 1.54) is 38.1 Å². The summed E-state index contributed by atoms with van der Waals surface area (Å²) in [5, 5.41) is 0. The van der Waals surface area contributed by atoms with Crippen LogP contribution in [0.25, 0.3) is 0 Å². The van der Waals surface area contributed by atoms with Gasteiger partial charge in [0.25, 0.3) is 0 Å². The summed E-state index contributed by atoms with van der Waals surface area (Å²) in [5.74, 6) is 2.18. The first-order chi connectivity index (χ1) is 7.83. The molecule has 1 saturated carbocycles. The molecule has 0 aromatic carbocycles. The van der Waals surface area contributed by atoms with E-state index in [9.17, 15) is 4.79 Å². The highest BCUT2D eigenvalue weighted by Gasteiger charge is 2.37. The van der Waals surface area contributed by atoms with Crippen LogP contribution in [-0.4, -0.2) is 41.8 Å². The van der Waals surface area contributed by atoms with E-state index in [0.717, 1.165) is 19.3 Å². The average Bonchev–Trinajstić information content (AvgIpc) is 2.87. The molecule has 1 heterocycles. The Hall–Kier alpha value is -0.0200. The van der Waals surface area contributed by atoms with E-state index in [2.05, 4.69) is 11.2 Å². The predicted octanol–water partition coefficient (Wildman–Crippen LogP) is 2.57. The maximum atomic E-state index is 11.8. The van der Waals surface area contributed by atoms with Crippen molar-refractivity contribution >= 4 is 17.5 Å². The molecule has 2 nitrogen and oxygen atoms in total. The van der Waals surface area contributed by atoms with Crippen molar-refractivity contribution in [2.24, 2.45) is 5.92 Å². The number of rotatable bonds is 5. The van der Waals surface area contributed by atoms with Gasteiger partial charge in [0.1, 0.15) is 5.78 Å². The minimum atomic E-state index is 0.386. The molecule has 16 heavy (non-hydrogen) atoms. The zero-order valence-electron chi connectivity index (χ0n) is 10.3. The molecule has 2 aliphatic rings. The Labute approximate surface area is 103 Å². The average molecular weight is 241 g/mol. The molecule has 2 fully saturated rings. The summed E-state index contributed by atoms with van der Waals surface area (Å²) in [6, 6.07) is 0.594. The highest BCUT2D eigenvalue weighted by molar-refractivity contribution is 7.98. The van der Waals surface area contributed by atoms with E-state index in [1.54, 1.807) is 0 Å². The number of hydrogen-bond donors (Lipinski definition) is 0. The second-order valence-electron chi connectivity index (χ2n) is 5.06. The van der Waals surface area contributed by atoms with Gasteiger partial charge >= 0.3 is 0 Å². The van der Waals surface area contributed by atoms with Gasteiger partial charge in [-0.15, -0.1) is 0 Å². The first-order valence-electron chi connectivity index (χ1n) is 6.58. The highest BCUT2D eigenvalue weighted by Crippen LogP contribution is 2.33. The Morgan fingerprint density at radius 1 is 1.38 bits per heavy atom. The summed E-state index contributed by atoms with van der Waals surface area (Å²) in [4.78, 5) is 14.4. The molecule has 0 bridgehead atoms. The fraction of sp³-hybridized carbons (Fsp3) is 0.923. The fourth-order valence-corrected chi connectivity index (χ4v) is 3.66. The van der Waals surface area contributed by atoms with Gasteiger partial charge in [-0.3, -0.25) is 9.69 Å². The summed E-state index contributed by atoms with van der Waals surface area (Å²) in [7, 11) is 0. The van der Waals surface area contributed by atoms with E-state index in [-0.39, 0.29) is 0 Å². The third-order valence-corrected chi connectivity index (χ3v) is 4.72. The van der Waals surface area contributed by atoms with Gasteiger partial charge in [0.2, 0.25) is 0 Å². The molecular weight excluding hydrogens is 218 g/mol. The second-order valence-corrected chi connectivity index (χ2v) is 6.04. The minimum Gasteiger partial charge on any atom is -0.300 e. The maximum absolute atomic E-state index is 11.8. The molecule has 1 saturated heterocycles. The Bertz CT molecular complexity index is 244. The summed E-state index contributed by atoms with van der Waals surface area (Å²) in [6.07, 6.45) is 9.14. The van der Waals surface area contributed by atoms with Crippen molar-refractivity contribution in [3.05, 3.63) is 0 Å². The van der Waals surface area contributed by atoms with E-state index in [0.29, 0.717) is 17.7 Å². The van der Waals surface area contributed by atoms with Gasteiger partial charge in [-0.05, 0) is 57.2 Å². The molecule has 0 aromatic heterocycles. The monoisotopic (exact) mass is 241 g/mol. The van der Waals surface area contributed by atoms with Gasteiger partial charge in [0, 0.05) is 18.4 Å². The van der Waals surface area contributed by atoms with Gasteiger partial charge in [0.15, 0.2) is 0 Å². The molecule has 0 spiro atoms. The molecule has 2 rings (SSSR count). The van der Waals surface area contributed by atoms with Crippen LogP contribution in [0.2, 0.25) is 0 Å². The van der Waals surface area contributed by atoms with E-state index in [1.807, 2.05) is 11.8 Å². The van der Waals surface area contributed by atoms with E-state index >= 15 is 0 Å². The van der Waals surface area contributed by atoms with Crippen LogP contribution >= 0.6 is 11.8 Å². The first-order valence-corrected chi connectivity index (χ1v) is 7.98. The van der Waals surface area contributed by atoms with Crippen LogP contribution in [0.1, 0.15) is 38.5 Å². The van der Waals surface area contributed by atoms with E-state index < -0.39 is 0 Å². The lowest BCUT2D eigenvalue weighted by Gasteiger charge is -2.28. The normalized spacial score (nSPS) is 31.4. The number of likely N-dealkylation sites (tertiary alicyclic amines) is 1. The molecular formula is C13H23NOS. The zero-order chi connectivity index (χ0) is 11.4. The zero-order valence-corrected chi connectivity index (χ0v) is 11.1. The van der Waals surface area contributed by atoms with Crippen LogP contribution in [0.3, 0.4) is 0 Å². The number of Topliss-reactive ketones (excluding diaryl/α,β-unsaturated/α-hetero) is 1. The first kappa shape index (κ1) is 12.4. The van der Waals surface area contributed by atoms with Crippen molar-refractivity contribution in [1.82, 2.24) is 4.90 Å². The molecule has 0 aromatic rings. The van der Waals surface area contributed by atoms with Crippen LogP contribution in [0.5, 0.6) is 0 Å². The van der Waals surface area contributed by atoms with Gasteiger partial charge < -0.3 is 0 Å². The van der Waals surface area contributed by atoms with Gasteiger partial charge in [-0.1, -0.05) is 0 Å². The fourth-order valence-electron chi connectivity index (χ4n) is 3.25. The second kappa shape index (κ2) is 6.06. The molecule has 0 radical (unpaired) electrons. The quantitative estimate of drug-likeness (QED) is 0.690. The summed E-state index contributed by atoms with van der Waals surface area (Å²) < 4.78 is 0. The van der Waals surface area contributed by atoms with Crippen molar-refractivity contribution in [1.29, 1.82) is 0 Å². The van der Waals surface area contributed by atoms with Crippen LogP contribution in [-0.2, 0) is 4.79 Å². The minimum absolute atomic E-state index is 0.386. The lowest BCUT2D eigenvalue weighted by atomic mass is 9.95. The van der Waals surface area contributed by atoms with E-state index in [4.69, 9.17) is 0 Å². The van der Waals surface area contributed by atoms with Gasteiger partial charge in [-0.25, -0.2) is 0 Å². The summed E-state index contributed by atoms with van der Waals surface area (Å²) >= 11 is 1.93. The SMILES string of the molecule is CSCCCN1CCCC1C1CCCC1=O.